The standard InChI is InChI=1S/C17H30N4O2/c1-3-21-13-18-19-17(21)16-12-20(9-11-23-16)8-10-22-15-7-5-4-6-14(15)2/h13-16H,3-12H2,1-2H3/t14-,15-,16-/m0/s1. The molecule has 0 spiro atoms. The van der Waals surface area contributed by atoms with Crippen LogP contribution < -0.4 is 0 Å². The minimum absolute atomic E-state index is 0.0276. The summed E-state index contributed by atoms with van der Waals surface area (Å²) in [6.45, 7) is 9.71. The third-order valence-electron chi connectivity index (χ3n) is 5.20. The van der Waals surface area contributed by atoms with E-state index in [1.54, 1.807) is 6.33 Å². The second-order valence-electron chi connectivity index (χ2n) is 6.81. The Balaban J connectivity index is 1.45. The average molecular weight is 322 g/mol. The van der Waals surface area contributed by atoms with Crippen molar-refractivity contribution in [1.82, 2.24) is 19.7 Å². The van der Waals surface area contributed by atoms with Crippen LogP contribution in [0.15, 0.2) is 6.33 Å². The molecule has 0 bridgehead atoms. The lowest BCUT2D eigenvalue weighted by Crippen LogP contribution is -2.41. The Kier molecular flexibility index (Phi) is 6.02. The van der Waals surface area contributed by atoms with E-state index in [4.69, 9.17) is 9.47 Å². The zero-order valence-corrected chi connectivity index (χ0v) is 14.5. The fraction of sp³-hybridized carbons (Fsp3) is 0.882. The summed E-state index contributed by atoms with van der Waals surface area (Å²) in [6, 6.07) is 0. The number of aryl methyl sites for hydroxylation is 1. The van der Waals surface area contributed by atoms with Gasteiger partial charge >= 0.3 is 0 Å². The maximum atomic E-state index is 6.15. The van der Waals surface area contributed by atoms with Crippen molar-refractivity contribution in [2.45, 2.75) is 58.3 Å². The first-order valence-electron chi connectivity index (χ1n) is 9.11. The molecule has 3 rings (SSSR count). The normalized spacial score (nSPS) is 29.7. The Morgan fingerprint density at radius 2 is 2.22 bits per heavy atom. The van der Waals surface area contributed by atoms with E-state index in [1.807, 2.05) is 0 Å². The van der Waals surface area contributed by atoms with Gasteiger partial charge in [-0.3, -0.25) is 4.90 Å². The maximum absolute atomic E-state index is 6.15. The molecule has 0 aromatic carbocycles. The number of hydrogen-bond donors (Lipinski definition) is 0. The fourth-order valence-corrected chi connectivity index (χ4v) is 3.68. The third-order valence-corrected chi connectivity index (χ3v) is 5.20. The molecule has 6 heteroatoms. The molecule has 1 aliphatic heterocycles. The van der Waals surface area contributed by atoms with Crippen LogP contribution in [0, 0.1) is 5.92 Å². The SMILES string of the molecule is CCn1cnnc1[C@@H]1CN(CCO[C@H]2CCCC[C@@H]2C)CCO1. The Morgan fingerprint density at radius 3 is 3.04 bits per heavy atom. The van der Waals surface area contributed by atoms with Gasteiger partial charge in [0.2, 0.25) is 0 Å². The van der Waals surface area contributed by atoms with Gasteiger partial charge in [-0.15, -0.1) is 10.2 Å². The summed E-state index contributed by atoms with van der Waals surface area (Å²) >= 11 is 0. The molecular weight excluding hydrogens is 292 g/mol. The van der Waals surface area contributed by atoms with Crippen molar-refractivity contribution >= 4 is 0 Å². The van der Waals surface area contributed by atoms with E-state index in [1.165, 1.54) is 25.7 Å². The highest BCUT2D eigenvalue weighted by Crippen LogP contribution is 2.26. The van der Waals surface area contributed by atoms with Gasteiger partial charge in [-0.1, -0.05) is 19.8 Å². The molecule has 0 amide bonds. The molecule has 1 aromatic heterocycles. The minimum atomic E-state index is 0.0276. The number of aromatic nitrogens is 3. The van der Waals surface area contributed by atoms with Crippen LogP contribution in [-0.2, 0) is 16.0 Å². The molecule has 2 heterocycles. The van der Waals surface area contributed by atoms with Gasteiger partial charge in [0.05, 0.1) is 19.3 Å². The molecule has 130 valence electrons. The lowest BCUT2D eigenvalue weighted by molar-refractivity contribution is -0.0571. The molecular formula is C17H30N4O2. The summed E-state index contributed by atoms with van der Waals surface area (Å²) in [7, 11) is 0. The summed E-state index contributed by atoms with van der Waals surface area (Å²) in [4.78, 5) is 2.43. The second-order valence-corrected chi connectivity index (χ2v) is 6.81. The monoisotopic (exact) mass is 322 g/mol. The van der Waals surface area contributed by atoms with E-state index < -0.39 is 0 Å². The first kappa shape index (κ1) is 16.9. The second kappa shape index (κ2) is 8.22. The van der Waals surface area contributed by atoms with E-state index in [0.717, 1.165) is 45.2 Å². The van der Waals surface area contributed by atoms with E-state index in [0.29, 0.717) is 12.0 Å². The molecule has 1 aromatic rings. The van der Waals surface area contributed by atoms with Crippen LogP contribution in [0.4, 0.5) is 0 Å². The van der Waals surface area contributed by atoms with Gasteiger partial charge in [0, 0.05) is 26.2 Å². The number of rotatable bonds is 6. The van der Waals surface area contributed by atoms with Crippen LogP contribution in [0.25, 0.3) is 0 Å². The van der Waals surface area contributed by atoms with Gasteiger partial charge in [0.1, 0.15) is 12.4 Å². The van der Waals surface area contributed by atoms with Crippen molar-refractivity contribution in [2.24, 2.45) is 5.92 Å². The first-order chi connectivity index (χ1) is 11.3. The third kappa shape index (κ3) is 4.31. The van der Waals surface area contributed by atoms with Crippen molar-refractivity contribution in [3.63, 3.8) is 0 Å². The predicted octanol–water partition coefficient (Wildman–Crippen LogP) is 2.27. The lowest BCUT2D eigenvalue weighted by atomic mass is 9.88. The molecule has 0 N–H and O–H groups in total. The van der Waals surface area contributed by atoms with E-state index in [9.17, 15) is 0 Å². The summed E-state index contributed by atoms with van der Waals surface area (Å²) in [5, 5.41) is 8.25. The maximum Gasteiger partial charge on any atom is 0.163 e. The molecule has 0 radical (unpaired) electrons. The summed E-state index contributed by atoms with van der Waals surface area (Å²) in [6.07, 6.45) is 7.50. The fourth-order valence-electron chi connectivity index (χ4n) is 3.68. The number of ether oxygens (including phenoxy) is 2. The van der Waals surface area contributed by atoms with E-state index in [-0.39, 0.29) is 6.10 Å². The zero-order chi connectivity index (χ0) is 16.1. The molecule has 1 saturated heterocycles. The van der Waals surface area contributed by atoms with Crippen molar-refractivity contribution in [2.75, 3.05) is 32.8 Å². The number of nitrogens with zero attached hydrogens (tertiary/aromatic N) is 4. The molecule has 2 fully saturated rings. The largest absolute Gasteiger partial charge is 0.377 e. The molecule has 0 unspecified atom stereocenters. The van der Waals surface area contributed by atoms with Crippen molar-refractivity contribution < 1.29 is 9.47 Å². The summed E-state index contributed by atoms with van der Waals surface area (Å²) in [5.41, 5.74) is 0. The Morgan fingerprint density at radius 1 is 1.35 bits per heavy atom. The Bertz CT molecular complexity index is 479. The Hall–Kier alpha value is -0.980. The first-order valence-corrected chi connectivity index (χ1v) is 9.11. The van der Waals surface area contributed by atoms with E-state index >= 15 is 0 Å². The lowest BCUT2D eigenvalue weighted by Gasteiger charge is -2.33. The van der Waals surface area contributed by atoms with Crippen molar-refractivity contribution in [1.29, 1.82) is 0 Å². The van der Waals surface area contributed by atoms with Gasteiger partial charge in [0.15, 0.2) is 5.82 Å². The van der Waals surface area contributed by atoms with Crippen LogP contribution in [0.5, 0.6) is 0 Å². The van der Waals surface area contributed by atoms with E-state index in [2.05, 4.69) is 33.5 Å². The van der Waals surface area contributed by atoms with Crippen LogP contribution in [0.3, 0.4) is 0 Å². The smallest absolute Gasteiger partial charge is 0.163 e. The highest BCUT2D eigenvalue weighted by molar-refractivity contribution is 4.94. The summed E-state index contributed by atoms with van der Waals surface area (Å²) < 4.78 is 14.1. The van der Waals surface area contributed by atoms with Crippen LogP contribution in [-0.4, -0.2) is 58.6 Å². The van der Waals surface area contributed by atoms with Gasteiger partial charge in [-0.25, -0.2) is 0 Å². The Labute approximate surface area is 139 Å². The quantitative estimate of drug-likeness (QED) is 0.804. The van der Waals surface area contributed by atoms with Gasteiger partial charge < -0.3 is 14.0 Å². The molecule has 6 nitrogen and oxygen atoms in total. The molecule has 1 aliphatic carbocycles. The van der Waals surface area contributed by atoms with Crippen molar-refractivity contribution in [3.05, 3.63) is 12.2 Å². The molecule has 3 atom stereocenters. The highest BCUT2D eigenvalue weighted by atomic mass is 16.5. The predicted molar refractivity (Wildman–Crippen MR) is 88.2 cm³/mol. The van der Waals surface area contributed by atoms with Gasteiger partial charge in [-0.2, -0.15) is 0 Å². The number of morpholine rings is 1. The highest BCUT2D eigenvalue weighted by Gasteiger charge is 2.26. The van der Waals surface area contributed by atoms with Gasteiger partial charge in [0.25, 0.3) is 0 Å². The van der Waals surface area contributed by atoms with Gasteiger partial charge in [-0.05, 0) is 25.7 Å². The topological polar surface area (TPSA) is 52.4 Å². The minimum Gasteiger partial charge on any atom is -0.377 e. The molecule has 23 heavy (non-hydrogen) atoms. The summed E-state index contributed by atoms with van der Waals surface area (Å²) in [5.74, 6) is 1.66. The molecule has 1 saturated carbocycles. The number of hydrogen-bond acceptors (Lipinski definition) is 5. The van der Waals surface area contributed by atoms with Crippen LogP contribution >= 0.6 is 0 Å². The molecule has 2 aliphatic rings. The van der Waals surface area contributed by atoms with Crippen molar-refractivity contribution in [3.8, 4) is 0 Å². The van der Waals surface area contributed by atoms with Crippen LogP contribution in [0.1, 0.15) is 51.5 Å². The van der Waals surface area contributed by atoms with Crippen LogP contribution in [0.2, 0.25) is 0 Å². The average Bonchev–Trinajstić information content (AvgIpc) is 3.06. The zero-order valence-electron chi connectivity index (χ0n) is 14.5.